The predicted octanol–water partition coefficient (Wildman–Crippen LogP) is 5.33. The molecule has 2 N–H and O–H groups in total. The number of hydrogen-bond donors (Lipinski definition) is 2. The molecular weight excluding hydrogens is 537 g/mol. The molecule has 220 valence electrons. The van der Waals surface area contributed by atoms with Crippen molar-refractivity contribution in [2.45, 2.75) is 68.9 Å². The minimum absolute atomic E-state index is 0.125. The number of esters is 1. The Hall–Kier alpha value is -3.53. The van der Waals surface area contributed by atoms with Crippen LogP contribution in [0.15, 0.2) is 54.6 Å². The molecule has 2 aromatic carbocycles. The average Bonchev–Trinajstić information content (AvgIpc) is 3.70. The minimum atomic E-state index is -4.80. The number of phenols is 1. The lowest BCUT2D eigenvalue weighted by molar-refractivity contribution is -0.274. The van der Waals surface area contributed by atoms with Crippen LogP contribution in [0.2, 0.25) is 0 Å². The fourth-order valence-electron chi connectivity index (χ4n) is 6.67. The van der Waals surface area contributed by atoms with Crippen LogP contribution in [0, 0.1) is 5.92 Å². The lowest BCUT2D eigenvalue weighted by atomic mass is 9.55. The molecule has 3 unspecified atom stereocenters. The molecule has 7 nitrogen and oxygen atoms in total. The summed E-state index contributed by atoms with van der Waals surface area (Å²) in [5, 5.41) is 13.4. The Kier molecular flexibility index (Phi) is 8.05. The van der Waals surface area contributed by atoms with E-state index in [1.165, 1.54) is 50.1 Å². The van der Waals surface area contributed by atoms with Crippen LogP contribution in [-0.4, -0.2) is 59.5 Å². The number of rotatable bonds is 8. The van der Waals surface area contributed by atoms with E-state index >= 15 is 0 Å². The molecule has 2 aliphatic carbocycles. The summed E-state index contributed by atoms with van der Waals surface area (Å²) in [6.07, 6.45) is 2.69. The van der Waals surface area contributed by atoms with Gasteiger partial charge in [0.2, 0.25) is 5.91 Å². The van der Waals surface area contributed by atoms with E-state index in [9.17, 15) is 27.9 Å². The molecular formula is C31H35F3N2O5. The SMILES string of the molecule is CC(=O)OC12CCC(NC(=O)C=Cc3cccc(OC(F)(F)F)c3)CC1(c1cccc(O)c1)CCN(CC1CC1)C2. The second-order valence-corrected chi connectivity index (χ2v) is 11.6. The van der Waals surface area contributed by atoms with Crippen molar-refractivity contribution in [2.75, 3.05) is 19.6 Å². The number of carbonyl (C=O) groups excluding carboxylic acids is 2. The summed E-state index contributed by atoms with van der Waals surface area (Å²) >= 11 is 0. The number of ether oxygens (including phenoxy) is 2. The van der Waals surface area contributed by atoms with Gasteiger partial charge in [0.15, 0.2) is 0 Å². The van der Waals surface area contributed by atoms with Crippen LogP contribution in [0.4, 0.5) is 13.2 Å². The molecule has 2 aromatic rings. The number of amides is 1. The molecule has 10 heteroatoms. The van der Waals surface area contributed by atoms with E-state index in [-0.39, 0.29) is 29.4 Å². The van der Waals surface area contributed by atoms with Crippen molar-refractivity contribution in [1.82, 2.24) is 10.2 Å². The van der Waals surface area contributed by atoms with Crippen LogP contribution in [0.3, 0.4) is 0 Å². The summed E-state index contributed by atoms with van der Waals surface area (Å²) in [6.45, 7) is 3.80. The van der Waals surface area contributed by atoms with Gasteiger partial charge in [-0.15, -0.1) is 13.2 Å². The van der Waals surface area contributed by atoms with E-state index in [1.54, 1.807) is 24.3 Å². The van der Waals surface area contributed by atoms with E-state index in [2.05, 4.69) is 15.0 Å². The highest BCUT2D eigenvalue weighted by molar-refractivity contribution is 5.92. The van der Waals surface area contributed by atoms with Crippen molar-refractivity contribution in [3.05, 3.63) is 65.7 Å². The number of halogens is 3. The number of nitrogens with zero attached hydrogens (tertiary/aromatic N) is 1. The van der Waals surface area contributed by atoms with Crippen LogP contribution in [0.1, 0.15) is 56.6 Å². The van der Waals surface area contributed by atoms with Crippen molar-refractivity contribution < 1.29 is 37.3 Å². The number of carbonyl (C=O) groups is 2. The van der Waals surface area contributed by atoms with Gasteiger partial charge in [-0.25, -0.2) is 0 Å². The van der Waals surface area contributed by atoms with Crippen LogP contribution in [0.5, 0.6) is 11.5 Å². The number of alkyl halides is 3. The number of fused-ring (bicyclic) bond motifs is 1. The third-order valence-corrected chi connectivity index (χ3v) is 8.51. The van der Waals surface area contributed by atoms with Crippen LogP contribution in [0.25, 0.3) is 6.08 Å². The van der Waals surface area contributed by atoms with Gasteiger partial charge >= 0.3 is 12.3 Å². The van der Waals surface area contributed by atoms with Gasteiger partial charge < -0.3 is 19.9 Å². The standard InChI is InChI=1S/C31H35F3N2O5/c1-21(37)40-30-13-12-25(35-28(39)11-10-22-4-2-7-27(16-22)41-31(32,33)34)18-29(30,24-5-3-6-26(38)17-24)14-15-36(20-30)19-23-8-9-23/h2-7,10-11,16-17,23,25,38H,8-9,12-15,18-20H2,1H3,(H,35,39). The summed E-state index contributed by atoms with van der Waals surface area (Å²) in [4.78, 5) is 27.8. The van der Waals surface area contributed by atoms with Crippen LogP contribution in [-0.2, 0) is 19.7 Å². The van der Waals surface area contributed by atoms with Gasteiger partial charge in [0.25, 0.3) is 0 Å². The third-order valence-electron chi connectivity index (χ3n) is 8.51. The lowest BCUT2D eigenvalue weighted by Crippen LogP contribution is -2.68. The summed E-state index contributed by atoms with van der Waals surface area (Å²) in [6, 6.07) is 12.2. The smallest absolute Gasteiger partial charge is 0.508 e. The van der Waals surface area contributed by atoms with Crippen molar-refractivity contribution in [3.63, 3.8) is 0 Å². The van der Waals surface area contributed by atoms with Gasteiger partial charge in [0.1, 0.15) is 17.1 Å². The monoisotopic (exact) mass is 572 g/mol. The molecule has 1 saturated heterocycles. The quantitative estimate of drug-likeness (QED) is 0.329. The first-order valence-electron chi connectivity index (χ1n) is 14.0. The summed E-state index contributed by atoms with van der Waals surface area (Å²) in [5.74, 6) is -0.296. The molecule has 0 aromatic heterocycles. The first-order valence-corrected chi connectivity index (χ1v) is 14.0. The number of hydrogen-bond acceptors (Lipinski definition) is 6. The number of nitrogens with one attached hydrogen (secondary N) is 1. The highest BCUT2D eigenvalue weighted by atomic mass is 19.4. The Morgan fingerprint density at radius 1 is 1.12 bits per heavy atom. The summed E-state index contributed by atoms with van der Waals surface area (Å²) in [5.41, 5.74) is -0.171. The highest BCUT2D eigenvalue weighted by Crippen LogP contribution is 2.54. The summed E-state index contributed by atoms with van der Waals surface area (Å²) in [7, 11) is 0. The van der Waals surface area contributed by atoms with Crippen molar-refractivity contribution in [1.29, 1.82) is 0 Å². The van der Waals surface area contributed by atoms with Crippen LogP contribution >= 0.6 is 0 Å². The number of phenolic OH excluding ortho intramolecular Hbond substituents is 1. The largest absolute Gasteiger partial charge is 0.573 e. The minimum Gasteiger partial charge on any atom is -0.508 e. The number of piperidine rings is 1. The second-order valence-electron chi connectivity index (χ2n) is 11.6. The Bertz CT molecular complexity index is 1310. The first-order chi connectivity index (χ1) is 19.5. The molecule has 1 amide bonds. The molecule has 3 fully saturated rings. The van der Waals surface area contributed by atoms with Gasteiger partial charge in [0.05, 0.1) is 0 Å². The molecule has 0 bridgehead atoms. The van der Waals surface area contributed by atoms with Crippen molar-refractivity contribution in [3.8, 4) is 11.5 Å². The molecule has 5 rings (SSSR count). The lowest BCUT2D eigenvalue weighted by Gasteiger charge is -2.59. The van der Waals surface area contributed by atoms with Gasteiger partial charge in [-0.05, 0) is 92.5 Å². The van der Waals surface area contributed by atoms with Crippen molar-refractivity contribution >= 4 is 18.0 Å². The first kappa shape index (κ1) is 29.0. The number of benzene rings is 2. The van der Waals surface area contributed by atoms with Gasteiger partial charge in [0, 0.05) is 37.5 Å². The molecule has 3 aliphatic rings. The van der Waals surface area contributed by atoms with E-state index < -0.39 is 17.4 Å². The molecule has 41 heavy (non-hydrogen) atoms. The van der Waals surface area contributed by atoms with E-state index in [4.69, 9.17) is 4.74 Å². The van der Waals surface area contributed by atoms with E-state index in [0.717, 1.165) is 18.7 Å². The van der Waals surface area contributed by atoms with Crippen molar-refractivity contribution in [2.24, 2.45) is 5.92 Å². The molecule has 0 spiro atoms. The van der Waals surface area contributed by atoms with E-state index in [1.807, 2.05) is 6.07 Å². The number of likely N-dealkylation sites (tertiary alicyclic amines) is 1. The van der Waals surface area contributed by atoms with Crippen LogP contribution < -0.4 is 10.1 Å². The fourth-order valence-corrected chi connectivity index (χ4v) is 6.67. The summed E-state index contributed by atoms with van der Waals surface area (Å²) < 4.78 is 47.9. The highest BCUT2D eigenvalue weighted by Gasteiger charge is 2.61. The maximum Gasteiger partial charge on any atom is 0.573 e. The normalized spacial score (nSPS) is 26.8. The molecule has 0 radical (unpaired) electrons. The Balaban J connectivity index is 1.36. The molecule has 2 saturated carbocycles. The zero-order valence-corrected chi connectivity index (χ0v) is 23.0. The fraction of sp³-hybridized carbons (Fsp3) is 0.484. The Morgan fingerprint density at radius 2 is 1.90 bits per heavy atom. The maximum absolute atomic E-state index is 12.9. The van der Waals surface area contributed by atoms with E-state index in [0.29, 0.717) is 43.7 Å². The maximum atomic E-state index is 12.9. The molecule has 1 heterocycles. The zero-order valence-electron chi connectivity index (χ0n) is 23.0. The van der Waals surface area contributed by atoms with Gasteiger partial charge in [-0.1, -0.05) is 24.3 Å². The second kappa shape index (κ2) is 11.4. The predicted molar refractivity (Wildman–Crippen MR) is 146 cm³/mol. The third kappa shape index (κ3) is 6.86. The number of aromatic hydroxyl groups is 1. The van der Waals surface area contributed by atoms with Gasteiger partial charge in [-0.3, -0.25) is 14.5 Å². The molecule has 1 aliphatic heterocycles. The molecule has 3 atom stereocenters. The topological polar surface area (TPSA) is 88.1 Å². The Labute approximate surface area is 237 Å². The van der Waals surface area contributed by atoms with Gasteiger partial charge in [-0.2, -0.15) is 0 Å². The zero-order chi connectivity index (χ0) is 29.3. The average molecular weight is 573 g/mol. The Morgan fingerprint density at radius 3 is 2.61 bits per heavy atom.